The minimum atomic E-state index is -0.558. The summed E-state index contributed by atoms with van der Waals surface area (Å²) in [7, 11) is 0. The summed E-state index contributed by atoms with van der Waals surface area (Å²) < 4.78 is 0. The number of para-hydroxylation sites is 1. The van der Waals surface area contributed by atoms with Crippen LogP contribution in [-0.4, -0.2) is 22.5 Å². The maximum atomic E-state index is 12.1. The van der Waals surface area contributed by atoms with Gasteiger partial charge in [0, 0.05) is 10.7 Å². The standard InChI is InChI=1S/C16H15ClN4O2/c1-11(19-20-14-9-7-12(17)8-10-14)15(21-23)16(22)18-13-5-3-2-4-6-13/h2-10,20,23H,1H3,(H,18,22)/b19-11-,21-15+. The SMILES string of the molecule is CC(=N/Nc1ccc(Cl)cc1)/C(=N\O)C(=O)Nc1ccccc1. The zero-order valence-corrected chi connectivity index (χ0v) is 13.1. The summed E-state index contributed by atoms with van der Waals surface area (Å²) in [5.41, 5.74) is 4.09. The monoisotopic (exact) mass is 330 g/mol. The van der Waals surface area contributed by atoms with E-state index in [0.717, 1.165) is 0 Å². The summed E-state index contributed by atoms with van der Waals surface area (Å²) in [6, 6.07) is 15.7. The van der Waals surface area contributed by atoms with E-state index in [9.17, 15) is 4.79 Å². The van der Waals surface area contributed by atoms with Crippen molar-refractivity contribution in [3.63, 3.8) is 0 Å². The Morgan fingerprint density at radius 1 is 1.04 bits per heavy atom. The highest BCUT2D eigenvalue weighted by atomic mass is 35.5. The Bertz CT molecular complexity index is 728. The van der Waals surface area contributed by atoms with Crippen molar-refractivity contribution < 1.29 is 10.0 Å². The number of amides is 1. The second-order valence-corrected chi connectivity index (χ2v) is 5.02. The largest absolute Gasteiger partial charge is 0.410 e. The van der Waals surface area contributed by atoms with Crippen molar-refractivity contribution in [2.45, 2.75) is 6.92 Å². The van der Waals surface area contributed by atoms with Crippen LogP contribution < -0.4 is 10.7 Å². The molecule has 0 aliphatic heterocycles. The second kappa shape index (κ2) is 7.95. The molecule has 6 nitrogen and oxygen atoms in total. The van der Waals surface area contributed by atoms with Crippen LogP contribution in [0.4, 0.5) is 11.4 Å². The van der Waals surface area contributed by atoms with Gasteiger partial charge in [-0.3, -0.25) is 10.2 Å². The van der Waals surface area contributed by atoms with E-state index in [2.05, 4.69) is 21.0 Å². The highest BCUT2D eigenvalue weighted by Crippen LogP contribution is 2.13. The van der Waals surface area contributed by atoms with E-state index in [1.807, 2.05) is 6.07 Å². The molecule has 0 bridgehead atoms. The molecule has 2 aromatic rings. The van der Waals surface area contributed by atoms with E-state index in [0.29, 0.717) is 16.4 Å². The smallest absolute Gasteiger partial charge is 0.279 e. The van der Waals surface area contributed by atoms with Crippen LogP contribution in [0.25, 0.3) is 0 Å². The van der Waals surface area contributed by atoms with Crippen LogP contribution in [0.15, 0.2) is 64.9 Å². The molecule has 0 atom stereocenters. The summed E-state index contributed by atoms with van der Waals surface area (Å²) >= 11 is 5.80. The Kier molecular flexibility index (Phi) is 5.71. The van der Waals surface area contributed by atoms with Crippen LogP contribution in [0, 0.1) is 0 Å². The van der Waals surface area contributed by atoms with Gasteiger partial charge in [0.25, 0.3) is 5.91 Å². The molecule has 0 fully saturated rings. The van der Waals surface area contributed by atoms with Gasteiger partial charge in [0.15, 0.2) is 5.71 Å². The quantitative estimate of drug-likeness (QED) is 0.445. The van der Waals surface area contributed by atoms with Gasteiger partial charge in [0.1, 0.15) is 0 Å². The Labute approximate surface area is 138 Å². The summed E-state index contributed by atoms with van der Waals surface area (Å²) in [5.74, 6) is -0.558. The van der Waals surface area contributed by atoms with E-state index in [-0.39, 0.29) is 11.4 Å². The minimum Gasteiger partial charge on any atom is -0.410 e. The molecule has 0 saturated heterocycles. The Balaban J connectivity index is 2.05. The van der Waals surface area contributed by atoms with Crippen LogP contribution in [0.5, 0.6) is 0 Å². The number of halogens is 1. The van der Waals surface area contributed by atoms with Crippen LogP contribution in [-0.2, 0) is 4.79 Å². The number of carbonyl (C=O) groups is 1. The lowest BCUT2D eigenvalue weighted by atomic mass is 10.2. The van der Waals surface area contributed by atoms with Gasteiger partial charge in [-0.25, -0.2) is 0 Å². The van der Waals surface area contributed by atoms with Crippen molar-refractivity contribution in [2.24, 2.45) is 10.3 Å². The Hall–Kier alpha value is -2.86. The van der Waals surface area contributed by atoms with E-state index in [1.165, 1.54) is 0 Å². The zero-order valence-electron chi connectivity index (χ0n) is 12.3. The predicted octanol–water partition coefficient (Wildman–Crippen LogP) is 3.60. The number of hydrogen-bond acceptors (Lipinski definition) is 5. The molecule has 0 radical (unpaired) electrons. The lowest BCUT2D eigenvalue weighted by Crippen LogP contribution is -2.29. The van der Waals surface area contributed by atoms with Gasteiger partial charge in [0.2, 0.25) is 0 Å². The normalized spacial score (nSPS) is 11.9. The molecule has 0 unspecified atom stereocenters. The first-order chi connectivity index (χ1) is 11.1. The Morgan fingerprint density at radius 3 is 2.30 bits per heavy atom. The third kappa shape index (κ3) is 4.82. The molecule has 3 N–H and O–H groups in total. The van der Waals surface area contributed by atoms with Crippen LogP contribution in [0.3, 0.4) is 0 Å². The third-order valence-electron chi connectivity index (χ3n) is 2.89. The number of hydrogen-bond donors (Lipinski definition) is 3. The molecule has 1 amide bonds. The first-order valence-electron chi connectivity index (χ1n) is 6.75. The van der Waals surface area contributed by atoms with Crippen molar-refractivity contribution in [2.75, 3.05) is 10.7 Å². The fourth-order valence-corrected chi connectivity index (χ4v) is 1.85. The zero-order chi connectivity index (χ0) is 16.7. The highest BCUT2D eigenvalue weighted by molar-refractivity contribution is 6.68. The predicted molar refractivity (Wildman–Crippen MR) is 92.5 cm³/mol. The summed E-state index contributed by atoms with van der Waals surface area (Å²) in [5, 5.41) is 19.4. The maximum Gasteiger partial charge on any atom is 0.279 e. The average molecular weight is 331 g/mol. The van der Waals surface area contributed by atoms with Gasteiger partial charge in [-0.2, -0.15) is 5.10 Å². The van der Waals surface area contributed by atoms with E-state index >= 15 is 0 Å². The molecule has 0 heterocycles. The molecule has 7 heteroatoms. The molecular weight excluding hydrogens is 316 g/mol. The summed E-state index contributed by atoms with van der Waals surface area (Å²) in [6.07, 6.45) is 0. The van der Waals surface area contributed by atoms with Crippen molar-refractivity contribution in [1.82, 2.24) is 0 Å². The number of anilines is 2. The first-order valence-corrected chi connectivity index (χ1v) is 7.12. The van der Waals surface area contributed by atoms with E-state index in [1.54, 1.807) is 55.5 Å². The Morgan fingerprint density at radius 2 is 1.70 bits per heavy atom. The van der Waals surface area contributed by atoms with E-state index < -0.39 is 5.91 Å². The number of oxime groups is 1. The van der Waals surface area contributed by atoms with Gasteiger partial charge < -0.3 is 10.5 Å². The summed E-state index contributed by atoms with van der Waals surface area (Å²) in [6.45, 7) is 1.56. The topological polar surface area (TPSA) is 86.1 Å². The first kappa shape index (κ1) is 16.5. The van der Waals surface area contributed by atoms with Crippen LogP contribution in [0.1, 0.15) is 6.92 Å². The molecule has 2 rings (SSSR count). The van der Waals surface area contributed by atoms with Gasteiger partial charge >= 0.3 is 0 Å². The third-order valence-corrected chi connectivity index (χ3v) is 3.14. The molecule has 0 aliphatic rings. The number of rotatable bonds is 5. The molecular formula is C16H15ClN4O2. The van der Waals surface area contributed by atoms with Crippen molar-refractivity contribution in [3.05, 3.63) is 59.6 Å². The summed E-state index contributed by atoms with van der Waals surface area (Å²) in [4.78, 5) is 12.1. The van der Waals surface area contributed by atoms with Gasteiger partial charge in [-0.15, -0.1) is 0 Å². The second-order valence-electron chi connectivity index (χ2n) is 4.58. The van der Waals surface area contributed by atoms with Crippen molar-refractivity contribution in [1.29, 1.82) is 0 Å². The maximum absolute atomic E-state index is 12.1. The molecule has 0 aliphatic carbocycles. The van der Waals surface area contributed by atoms with Gasteiger partial charge in [-0.05, 0) is 43.3 Å². The molecule has 118 valence electrons. The lowest BCUT2D eigenvalue weighted by Gasteiger charge is -2.07. The lowest BCUT2D eigenvalue weighted by molar-refractivity contribution is -0.110. The van der Waals surface area contributed by atoms with Gasteiger partial charge in [-0.1, -0.05) is 35.0 Å². The van der Waals surface area contributed by atoms with Crippen LogP contribution in [0.2, 0.25) is 5.02 Å². The number of benzene rings is 2. The molecule has 0 aromatic heterocycles. The average Bonchev–Trinajstić information content (AvgIpc) is 2.56. The van der Waals surface area contributed by atoms with Crippen molar-refractivity contribution in [3.8, 4) is 0 Å². The van der Waals surface area contributed by atoms with Crippen LogP contribution >= 0.6 is 11.6 Å². The highest BCUT2D eigenvalue weighted by Gasteiger charge is 2.16. The number of nitrogens with zero attached hydrogens (tertiary/aromatic N) is 2. The number of carbonyl (C=O) groups excluding carboxylic acids is 1. The van der Waals surface area contributed by atoms with E-state index in [4.69, 9.17) is 16.8 Å². The molecule has 0 saturated carbocycles. The van der Waals surface area contributed by atoms with Crippen molar-refractivity contribution >= 4 is 40.3 Å². The molecule has 23 heavy (non-hydrogen) atoms. The van der Waals surface area contributed by atoms with Gasteiger partial charge in [0.05, 0.1) is 11.4 Å². The number of hydrazone groups is 1. The fraction of sp³-hybridized carbons (Fsp3) is 0.0625. The molecule has 2 aromatic carbocycles. The fourth-order valence-electron chi connectivity index (χ4n) is 1.72. The number of nitrogens with one attached hydrogen (secondary N) is 2. The minimum absolute atomic E-state index is 0.185. The molecule has 0 spiro atoms.